The van der Waals surface area contributed by atoms with E-state index in [1.807, 2.05) is 36.4 Å². The SMILES string of the molecule is Fc1ccc(-c2ccc(CNC[C@@H]3COc4ccccc4O3)o2)cc1. The van der Waals surface area contributed by atoms with Gasteiger partial charge in [0.2, 0.25) is 0 Å². The van der Waals surface area contributed by atoms with Gasteiger partial charge in [-0.05, 0) is 48.5 Å². The zero-order valence-electron chi connectivity index (χ0n) is 13.6. The second kappa shape index (κ2) is 6.99. The maximum Gasteiger partial charge on any atom is 0.161 e. The molecule has 3 aromatic rings. The van der Waals surface area contributed by atoms with E-state index in [9.17, 15) is 4.39 Å². The molecule has 0 saturated carbocycles. The highest BCUT2D eigenvalue weighted by molar-refractivity contribution is 5.57. The molecule has 1 aliphatic heterocycles. The van der Waals surface area contributed by atoms with Crippen molar-refractivity contribution >= 4 is 0 Å². The summed E-state index contributed by atoms with van der Waals surface area (Å²) in [6.07, 6.45) is -0.0403. The second-order valence-electron chi connectivity index (χ2n) is 5.90. The highest BCUT2D eigenvalue weighted by atomic mass is 19.1. The summed E-state index contributed by atoms with van der Waals surface area (Å²) in [5.41, 5.74) is 0.855. The molecule has 25 heavy (non-hydrogen) atoms. The van der Waals surface area contributed by atoms with Crippen molar-refractivity contribution < 1.29 is 18.3 Å². The van der Waals surface area contributed by atoms with E-state index in [1.165, 1.54) is 12.1 Å². The fourth-order valence-corrected chi connectivity index (χ4v) is 2.76. The normalized spacial score (nSPS) is 16.0. The van der Waals surface area contributed by atoms with Crippen LogP contribution in [-0.2, 0) is 6.54 Å². The van der Waals surface area contributed by atoms with Crippen LogP contribution in [0, 0.1) is 5.82 Å². The number of halogens is 1. The number of benzene rings is 2. The molecule has 0 radical (unpaired) electrons. The van der Waals surface area contributed by atoms with Gasteiger partial charge >= 0.3 is 0 Å². The third kappa shape index (κ3) is 3.67. The first kappa shape index (κ1) is 15.7. The van der Waals surface area contributed by atoms with E-state index in [0.29, 0.717) is 19.7 Å². The van der Waals surface area contributed by atoms with Crippen LogP contribution in [0.1, 0.15) is 5.76 Å². The first-order valence-electron chi connectivity index (χ1n) is 8.22. The lowest BCUT2D eigenvalue weighted by Gasteiger charge is -2.26. The van der Waals surface area contributed by atoms with E-state index in [4.69, 9.17) is 13.9 Å². The molecule has 0 aliphatic carbocycles. The summed E-state index contributed by atoms with van der Waals surface area (Å²) in [6, 6.07) is 17.7. The zero-order chi connectivity index (χ0) is 17.1. The average Bonchev–Trinajstić information content (AvgIpc) is 3.11. The monoisotopic (exact) mass is 339 g/mol. The molecule has 2 aromatic carbocycles. The topological polar surface area (TPSA) is 43.6 Å². The van der Waals surface area contributed by atoms with E-state index >= 15 is 0 Å². The van der Waals surface area contributed by atoms with Crippen molar-refractivity contribution in [1.82, 2.24) is 5.32 Å². The van der Waals surface area contributed by atoms with Gasteiger partial charge in [-0.25, -0.2) is 4.39 Å². The van der Waals surface area contributed by atoms with Crippen molar-refractivity contribution in [2.45, 2.75) is 12.6 Å². The van der Waals surface area contributed by atoms with E-state index < -0.39 is 0 Å². The Hall–Kier alpha value is -2.79. The van der Waals surface area contributed by atoms with Crippen LogP contribution in [0.3, 0.4) is 0 Å². The van der Waals surface area contributed by atoms with Crippen LogP contribution >= 0.6 is 0 Å². The molecular weight excluding hydrogens is 321 g/mol. The van der Waals surface area contributed by atoms with Crippen molar-refractivity contribution in [1.29, 1.82) is 0 Å². The third-order valence-electron chi connectivity index (χ3n) is 4.03. The summed E-state index contributed by atoms with van der Waals surface area (Å²) in [5, 5.41) is 3.32. The van der Waals surface area contributed by atoms with Crippen molar-refractivity contribution in [3.8, 4) is 22.8 Å². The first-order valence-corrected chi connectivity index (χ1v) is 8.22. The van der Waals surface area contributed by atoms with Crippen molar-refractivity contribution in [2.24, 2.45) is 0 Å². The van der Waals surface area contributed by atoms with Gasteiger partial charge in [0.05, 0.1) is 6.54 Å². The summed E-state index contributed by atoms with van der Waals surface area (Å²) in [6.45, 7) is 1.76. The molecule has 1 atom stereocenters. The standard InChI is InChI=1S/C20H18FNO3/c21-15-7-5-14(6-8-15)18-10-9-16(24-18)11-22-12-17-13-23-19-3-1-2-4-20(19)25-17/h1-10,17,22H,11-13H2/t17-/m1/s1. The number of hydrogen-bond acceptors (Lipinski definition) is 4. The number of para-hydroxylation sites is 2. The van der Waals surface area contributed by atoms with Gasteiger partial charge in [-0.15, -0.1) is 0 Å². The van der Waals surface area contributed by atoms with E-state index in [-0.39, 0.29) is 11.9 Å². The van der Waals surface area contributed by atoms with Crippen LogP contribution < -0.4 is 14.8 Å². The van der Waals surface area contributed by atoms with Crippen molar-refractivity contribution in [3.63, 3.8) is 0 Å². The fraction of sp³-hybridized carbons (Fsp3) is 0.200. The molecule has 1 aliphatic rings. The van der Waals surface area contributed by atoms with Gasteiger partial charge in [0.25, 0.3) is 0 Å². The van der Waals surface area contributed by atoms with E-state index in [1.54, 1.807) is 12.1 Å². The largest absolute Gasteiger partial charge is 0.486 e. The lowest BCUT2D eigenvalue weighted by Crippen LogP contribution is -2.38. The summed E-state index contributed by atoms with van der Waals surface area (Å²) < 4.78 is 30.4. The maximum absolute atomic E-state index is 13.0. The predicted molar refractivity (Wildman–Crippen MR) is 92.2 cm³/mol. The number of nitrogens with one attached hydrogen (secondary N) is 1. The van der Waals surface area contributed by atoms with Gasteiger partial charge in [0.1, 0.15) is 30.0 Å². The molecule has 5 heteroatoms. The minimum Gasteiger partial charge on any atom is -0.486 e. The molecule has 2 heterocycles. The minimum atomic E-state index is -0.256. The Kier molecular flexibility index (Phi) is 4.39. The van der Waals surface area contributed by atoms with E-state index in [2.05, 4.69) is 5.32 Å². The summed E-state index contributed by atoms with van der Waals surface area (Å²) in [4.78, 5) is 0. The van der Waals surface area contributed by atoms with E-state index in [0.717, 1.165) is 28.6 Å². The molecular formula is C20H18FNO3. The number of hydrogen-bond donors (Lipinski definition) is 1. The molecule has 0 amide bonds. The van der Waals surface area contributed by atoms with Crippen molar-refractivity contribution in [2.75, 3.05) is 13.2 Å². The summed E-state index contributed by atoms with van der Waals surface area (Å²) in [7, 11) is 0. The Morgan fingerprint density at radius 2 is 1.76 bits per heavy atom. The number of fused-ring (bicyclic) bond motifs is 1. The zero-order valence-corrected chi connectivity index (χ0v) is 13.6. The molecule has 4 nitrogen and oxygen atoms in total. The fourth-order valence-electron chi connectivity index (χ4n) is 2.76. The Bertz CT molecular complexity index is 844. The molecule has 0 saturated heterocycles. The molecule has 1 aromatic heterocycles. The number of ether oxygens (including phenoxy) is 2. The maximum atomic E-state index is 13.0. The average molecular weight is 339 g/mol. The molecule has 4 rings (SSSR count). The number of rotatable bonds is 5. The number of furan rings is 1. The van der Waals surface area contributed by atoms with Gasteiger partial charge in [0.15, 0.2) is 11.5 Å². The van der Waals surface area contributed by atoms with Gasteiger partial charge in [0, 0.05) is 12.1 Å². The van der Waals surface area contributed by atoms with Gasteiger partial charge in [-0.3, -0.25) is 0 Å². The minimum absolute atomic E-state index is 0.0403. The van der Waals surface area contributed by atoms with Crippen LogP contribution in [0.5, 0.6) is 11.5 Å². The molecule has 128 valence electrons. The van der Waals surface area contributed by atoms with Gasteiger partial charge in [-0.1, -0.05) is 12.1 Å². The molecule has 0 fully saturated rings. The lowest BCUT2D eigenvalue weighted by atomic mass is 10.2. The van der Waals surface area contributed by atoms with Crippen LogP contribution in [-0.4, -0.2) is 19.3 Å². The molecule has 0 spiro atoms. The molecule has 0 bridgehead atoms. The Morgan fingerprint density at radius 3 is 2.60 bits per heavy atom. The van der Waals surface area contributed by atoms with Crippen LogP contribution in [0.25, 0.3) is 11.3 Å². The summed E-state index contributed by atoms with van der Waals surface area (Å²) >= 11 is 0. The highest BCUT2D eigenvalue weighted by Gasteiger charge is 2.20. The molecule has 1 N–H and O–H groups in total. The van der Waals surface area contributed by atoms with Gasteiger partial charge < -0.3 is 19.2 Å². The predicted octanol–water partition coefficient (Wildman–Crippen LogP) is 4.02. The van der Waals surface area contributed by atoms with Crippen LogP contribution in [0.15, 0.2) is 65.1 Å². The highest BCUT2D eigenvalue weighted by Crippen LogP contribution is 2.30. The Labute approximate surface area is 145 Å². The summed E-state index contributed by atoms with van der Waals surface area (Å²) in [5.74, 6) is 2.85. The smallest absolute Gasteiger partial charge is 0.161 e. The Balaban J connectivity index is 1.30. The van der Waals surface area contributed by atoms with Crippen LogP contribution in [0.2, 0.25) is 0 Å². The Morgan fingerprint density at radius 1 is 0.960 bits per heavy atom. The third-order valence-corrected chi connectivity index (χ3v) is 4.03. The molecule has 0 unspecified atom stereocenters. The van der Waals surface area contributed by atoms with Crippen molar-refractivity contribution in [3.05, 3.63) is 72.2 Å². The lowest BCUT2D eigenvalue weighted by molar-refractivity contribution is 0.0899. The quantitative estimate of drug-likeness (QED) is 0.763. The second-order valence-corrected chi connectivity index (χ2v) is 5.90. The van der Waals surface area contributed by atoms with Crippen LogP contribution in [0.4, 0.5) is 4.39 Å². The first-order chi connectivity index (χ1) is 12.3. The van der Waals surface area contributed by atoms with Gasteiger partial charge in [-0.2, -0.15) is 0 Å².